The molecule has 0 bridgehead atoms. The summed E-state index contributed by atoms with van der Waals surface area (Å²) in [4.78, 5) is 13.5. The molecule has 0 atom stereocenters. The van der Waals surface area contributed by atoms with Crippen LogP contribution in [0.25, 0.3) is 27.6 Å². The normalized spacial score (nSPS) is 11.9. The Bertz CT molecular complexity index is 1220. The molecule has 0 aliphatic carbocycles. The fraction of sp³-hybridized carbons (Fsp3) is 0.182. The third-order valence-electron chi connectivity index (χ3n) is 4.79. The molecule has 7 heteroatoms. The molecule has 0 spiro atoms. The summed E-state index contributed by atoms with van der Waals surface area (Å²) in [6.45, 7) is 0.803. The van der Waals surface area contributed by atoms with E-state index in [2.05, 4.69) is 5.10 Å². The van der Waals surface area contributed by atoms with Crippen LogP contribution in [0.15, 0.2) is 71.8 Å². The molecule has 4 rings (SSSR count). The Hall–Kier alpha value is -3.35. The van der Waals surface area contributed by atoms with Gasteiger partial charge in [-0.2, -0.15) is 18.3 Å². The highest BCUT2D eigenvalue weighted by molar-refractivity contribution is 5.96. The van der Waals surface area contributed by atoms with Crippen molar-refractivity contribution in [1.82, 2.24) is 14.3 Å². The van der Waals surface area contributed by atoms with Crippen molar-refractivity contribution in [3.63, 3.8) is 0 Å². The molecule has 2 heterocycles. The molecule has 0 amide bonds. The van der Waals surface area contributed by atoms with E-state index in [0.717, 1.165) is 21.4 Å². The van der Waals surface area contributed by atoms with E-state index in [1.54, 1.807) is 16.7 Å². The molecule has 0 saturated carbocycles. The van der Waals surface area contributed by atoms with Crippen LogP contribution in [-0.2, 0) is 13.0 Å². The summed E-state index contributed by atoms with van der Waals surface area (Å²) in [7, 11) is 0. The number of pyridine rings is 1. The Kier molecular flexibility index (Phi) is 4.74. The molecule has 29 heavy (non-hydrogen) atoms. The summed E-state index contributed by atoms with van der Waals surface area (Å²) >= 11 is 0. The highest BCUT2D eigenvalue weighted by Gasteiger charge is 2.28. The van der Waals surface area contributed by atoms with Gasteiger partial charge >= 0.3 is 6.18 Å². The quantitative estimate of drug-likeness (QED) is 0.487. The van der Waals surface area contributed by atoms with E-state index in [9.17, 15) is 18.0 Å². The number of aromatic nitrogens is 3. The van der Waals surface area contributed by atoms with E-state index in [1.807, 2.05) is 49.4 Å². The third-order valence-corrected chi connectivity index (χ3v) is 4.79. The SMILES string of the molecule is CCc1cc2cccc(-c3cnn(CC(F)(F)F)c3)c2c(=O)n1-c1ccccc1. The van der Waals surface area contributed by atoms with Crippen LogP contribution < -0.4 is 5.56 Å². The van der Waals surface area contributed by atoms with E-state index < -0.39 is 12.7 Å². The largest absolute Gasteiger partial charge is 0.408 e. The number of fused-ring (bicyclic) bond motifs is 1. The molecular formula is C22H18F3N3O. The fourth-order valence-electron chi connectivity index (χ4n) is 3.55. The molecule has 0 aliphatic heterocycles. The molecule has 2 aromatic carbocycles. The zero-order valence-corrected chi connectivity index (χ0v) is 15.6. The number of halogens is 3. The van der Waals surface area contributed by atoms with Crippen molar-refractivity contribution in [2.75, 3.05) is 0 Å². The summed E-state index contributed by atoms with van der Waals surface area (Å²) in [5.41, 5.74) is 2.44. The van der Waals surface area contributed by atoms with Crippen LogP contribution in [0, 0.1) is 0 Å². The van der Waals surface area contributed by atoms with Crippen molar-refractivity contribution >= 4 is 10.8 Å². The summed E-state index contributed by atoms with van der Waals surface area (Å²) in [5.74, 6) is 0. The third kappa shape index (κ3) is 3.68. The zero-order valence-electron chi connectivity index (χ0n) is 15.6. The van der Waals surface area contributed by atoms with Gasteiger partial charge in [0.25, 0.3) is 5.56 Å². The van der Waals surface area contributed by atoms with Gasteiger partial charge in [-0.15, -0.1) is 0 Å². The smallest absolute Gasteiger partial charge is 0.281 e. The van der Waals surface area contributed by atoms with Crippen LogP contribution in [0.4, 0.5) is 13.2 Å². The molecule has 0 N–H and O–H groups in total. The average molecular weight is 397 g/mol. The lowest BCUT2D eigenvalue weighted by molar-refractivity contribution is -0.142. The van der Waals surface area contributed by atoms with Gasteiger partial charge in [-0.25, -0.2) is 0 Å². The van der Waals surface area contributed by atoms with Crippen LogP contribution in [0.1, 0.15) is 12.6 Å². The first-order valence-electron chi connectivity index (χ1n) is 9.20. The first-order valence-corrected chi connectivity index (χ1v) is 9.20. The lowest BCUT2D eigenvalue weighted by atomic mass is 10.0. The summed E-state index contributed by atoms with van der Waals surface area (Å²) < 4.78 is 40.5. The predicted molar refractivity (Wildman–Crippen MR) is 106 cm³/mol. The number of nitrogens with zero attached hydrogens (tertiary/aromatic N) is 3. The van der Waals surface area contributed by atoms with E-state index in [-0.39, 0.29) is 5.56 Å². The first-order chi connectivity index (χ1) is 13.9. The van der Waals surface area contributed by atoms with E-state index in [4.69, 9.17) is 0 Å². The molecule has 0 fully saturated rings. The molecule has 4 aromatic rings. The maximum Gasteiger partial charge on any atom is 0.408 e. The highest BCUT2D eigenvalue weighted by atomic mass is 19.4. The second kappa shape index (κ2) is 7.24. The first kappa shape index (κ1) is 19.0. The van der Waals surface area contributed by atoms with Crippen LogP contribution in [0.5, 0.6) is 0 Å². The van der Waals surface area contributed by atoms with Gasteiger partial charge in [0.15, 0.2) is 0 Å². The number of para-hydroxylation sites is 1. The number of hydrogen-bond acceptors (Lipinski definition) is 2. The monoisotopic (exact) mass is 397 g/mol. The molecule has 0 aliphatic rings. The Morgan fingerprint density at radius 2 is 1.79 bits per heavy atom. The van der Waals surface area contributed by atoms with Gasteiger partial charge in [0.1, 0.15) is 6.54 Å². The van der Waals surface area contributed by atoms with Crippen LogP contribution in [0.2, 0.25) is 0 Å². The number of benzene rings is 2. The van der Waals surface area contributed by atoms with Crippen molar-refractivity contribution in [1.29, 1.82) is 0 Å². The summed E-state index contributed by atoms with van der Waals surface area (Å²) in [6.07, 6.45) is -1.02. The van der Waals surface area contributed by atoms with Crippen LogP contribution >= 0.6 is 0 Å². The highest BCUT2D eigenvalue weighted by Crippen LogP contribution is 2.28. The molecular weight excluding hydrogens is 379 g/mol. The minimum atomic E-state index is -4.36. The lowest BCUT2D eigenvalue weighted by Crippen LogP contribution is -2.22. The molecule has 0 unspecified atom stereocenters. The number of alkyl halides is 3. The Morgan fingerprint density at radius 1 is 1.03 bits per heavy atom. The fourth-order valence-corrected chi connectivity index (χ4v) is 3.55. The molecule has 0 radical (unpaired) electrons. The molecule has 2 aromatic heterocycles. The molecule has 4 nitrogen and oxygen atoms in total. The number of hydrogen-bond donors (Lipinski definition) is 0. The van der Waals surface area contributed by atoms with Gasteiger partial charge in [0.2, 0.25) is 0 Å². The Balaban J connectivity index is 1.94. The average Bonchev–Trinajstić information content (AvgIpc) is 3.14. The van der Waals surface area contributed by atoms with Crippen molar-refractivity contribution in [2.24, 2.45) is 0 Å². The van der Waals surface area contributed by atoms with Crippen molar-refractivity contribution in [2.45, 2.75) is 26.1 Å². The lowest BCUT2D eigenvalue weighted by Gasteiger charge is -2.15. The molecule has 148 valence electrons. The second-order valence-corrected chi connectivity index (χ2v) is 6.78. The predicted octanol–water partition coefficient (Wildman–Crippen LogP) is 4.98. The minimum Gasteiger partial charge on any atom is -0.281 e. The maximum atomic E-state index is 13.5. The van der Waals surface area contributed by atoms with E-state index in [1.165, 1.54) is 12.4 Å². The maximum absolute atomic E-state index is 13.5. The molecule has 0 saturated heterocycles. The van der Waals surface area contributed by atoms with Crippen molar-refractivity contribution in [3.05, 3.63) is 83.0 Å². The van der Waals surface area contributed by atoms with Crippen molar-refractivity contribution in [3.8, 4) is 16.8 Å². The minimum absolute atomic E-state index is 0.204. The van der Waals surface area contributed by atoms with E-state index >= 15 is 0 Å². The van der Waals surface area contributed by atoms with Gasteiger partial charge in [0.05, 0.1) is 11.6 Å². The summed E-state index contributed by atoms with van der Waals surface area (Å²) in [5, 5.41) is 5.03. The number of aryl methyl sites for hydroxylation is 1. The second-order valence-electron chi connectivity index (χ2n) is 6.78. The number of rotatable bonds is 4. The summed E-state index contributed by atoms with van der Waals surface area (Å²) in [6, 6.07) is 16.6. The Labute approximate surface area is 164 Å². The topological polar surface area (TPSA) is 39.8 Å². The standard InChI is InChI=1S/C22H18F3N3O/c1-2-17-11-15-7-6-10-19(16-12-26-27(13-16)14-22(23,24)25)20(15)21(29)28(17)18-8-4-3-5-9-18/h3-13H,2,14H2,1H3. The van der Waals surface area contributed by atoms with Gasteiger partial charge in [0, 0.05) is 23.1 Å². The Morgan fingerprint density at radius 3 is 2.48 bits per heavy atom. The van der Waals surface area contributed by atoms with Gasteiger partial charge in [-0.05, 0) is 35.6 Å². The zero-order chi connectivity index (χ0) is 20.6. The van der Waals surface area contributed by atoms with Gasteiger partial charge in [-0.3, -0.25) is 14.0 Å². The van der Waals surface area contributed by atoms with Crippen LogP contribution in [0.3, 0.4) is 0 Å². The van der Waals surface area contributed by atoms with Crippen LogP contribution in [-0.4, -0.2) is 20.5 Å². The van der Waals surface area contributed by atoms with Gasteiger partial charge < -0.3 is 0 Å². The van der Waals surface area contributed by atoms with Gasteiger partial charge in [-0.1, -0.05) is 43.3 Å². The van der Waals surface area contributed by atoms with Crippen molar-refractivity contribution < 1.29 is 13.2 Å². The van der Waals surface area contributed by atoms with E-state index in [0.29, 0.717) is 22.9 Å².